The van der Waals surface area contributed by atoms with Crippen LogP contribution in [-0.2, 0) is 25.1 Å². The van der Waals surface area contributed by atoms with Gasteiger partial charge in [-0.05, 0) is 12.1 Å². The number of rotatable bonds is 4. The third-order valence-corrected chi connectivity index (χ3v) is 5.00. The Hall–Kier alpha value is -0.910. The van der Waals surface area contributed by atoms with Crippen molar-refractivity contribution in [2.45, 2.75) is 31.0 Å². The number of hydrogen-bond acceptors (Lipinski definition) is 4. The number of benzene rings is 1. The lowest BCUT2D eigenvalue weighted by Crippen LogP contribution is -2.26. The highest BCUT2D eigenvalue weighted by Crippen LogP contribution is 2.34. The Bertz CT molecular complexity index is 498. The minimum absolute atomic E-state index is 0.109. The fourth-order valence-electron chi connectivity index (χ4n) is 2.11. The highest BCUT2D eigenvalue weighted by atomic mass is 32.2. The summed E-state index contributed by atoms with van der Waals surface area (Å²) in [6.07, 6.45) is 0.701. The van der Waals surface area contributed by atoms with Crippen LogP contribution in [-0.4, -0.2) is 27.4 Å². The third kappa shape index (κ3) is 2.30. The van der Waals surface area contributed by atoms with Gasteiger partial charge in [0.2, 0.25) is 0 Å². The van der Waals surface area contributed by atoms with E-state index in [1.54, 1.807) is 31.2 Å². The van der Waals surface area contributed by atoms with Crippen molar-refractivity contribution < 1.29 is 17.9 Å². The first kappa shape index (κ1) is 13.5. The van der Waals surface area contributed by atoms with Gasteiger partial charge in [0.25, 0.3) is 0 Å². The quantitative estimate of drug-likeness (QED) is 0.840. The number of sulfone groups is 1. The normalized spacial score (nSPS) is 19.0. The van der Waals surface area contributed by atoms with Crippen LogP contribution in [0, 0.1) is 0 Å². The lowest BCUT2D eigenvalue weighted by Gasteiger charge is -2.26. The van der Waals surface area contributed by atoms with E-state index in [2.05, 4.69) is 0 Å². The van der Waals surface area contributed by atoms with E-state index in [9.17, 15) is 8.42 Å². The lowest BCUT2D eigenvalue weighted by molar-refractivity contribution is -0.167. The van der Waals surface area contributed by atoms with E-state index in [0.29, 0.717) is 24.5 Å². The zero-order valence-corrected chi connectivity index (χ0v) is 11.5. The second kappa shape index (κ2) is 4.99. The molecule has 5 heteroatoms. The standard InChI is InChI=1S/C13H18O4S/c1-3-13(16-9-10-17-13)11-5-7-12(8-6-11)18(14,15)4-2/h5-8H,3-4,9-10H2,1-2H3. The summed E-state index contributed by atoms with van der Waals surface area (Å²) in [5.74, 6) is -0.591. The first-order valence-corrected chi connectivity index (χ1v) is 7.80. The Morgan fingerprint density at radius 3 is 2.11 bits per heavy atom. The lowest BCUT2D eigenvalue weighted by atomic mass is 10.0. The fraction of sp³-hybridized carbons (Fsp3) is 0.538. The molecule has 1 fully saturated rings. The smallest absolute Gasteiger partial charge is 0.194 e. The van der Waals surface area contributed by atoms with Gasteiger partial charge in [0.05, 0.1) is 23.9 Å². The molecule has 1 saturated heterocycles. The molecule has 1 aromatic rings. The summed E-state index contributed by atoms with van der Waals surface area (Å²) in [5, 5.41) is 0. The van der Waals surface area contributed by atoms with Gasteiger partial charge in [0.15, 0.2) is 15.6 Å². The SMILES string of the molecule is CCC1(c2ccc(S(=O)(=O)CC)cc2)OCCO1. The summed E-state index contributed by atoms with van der Waals surface area (Å²) in [6, 6.07) is 6.79. The third-order valence-electron chi connectivity index (χ3n) is 3.25. The van der Waals surface area contributed by atoms with Crippen molar-refractivity contribution in [1.82, 2.24) is 0 Å². The van der Waals surface area contributed by atoms with Crippen LogP contribution in [0.3, 0.4) is 0 Å². The van der Waals surface area contributed by atoms with Crippen LogP contribution in [0.2, 0.25) is 0 Å². The maximum atomic E-state index is 11.7. The Kier molecular flexibility index (Phi) is 3.75. The van der Waals surface area contributed by atoms with Gasteiger partial charge >= 0.3 is 0 Å². The van der Waals surface area contributed by atoms with Gasteiger partial charge in [-0.1, -0.05) is 26.0 Å². The van der Waals surface area contributed by atoms with Crippen molar-refractivity contribution in [3.63, 3.8) is 0 Å². The second-order valence-electron chi connectivity index (χ2n) is 4.23. The molecule has 0 aliphatic carbocycles. The molecule has 1 aromatic carbocycles. The molecule has 0 aromatic heterocycles. The molecule has 18 heavy (non-hydrogen) atoms. The molecular formula is C13H18O4S. The Balaban J connectivity index is 2.33. The van der Waals surface area contributed by atoms with Crippen molar-refractivity contribution in [3.05, 3.63) is 29.8 Å². The van der Waals surface area contributed by atoms with E-state index in [-0.39, 0.29) is 5.75 Å². The predicted octanol–water partition coefficient (Wildman–Crippen LogP) is 2.09. The van der Waals surface area contributed by atoms with Crippen LogP contribution >= 0.6 is 0 Å². The van der Waals surface area contributed by atoms with Crippen molar-refractivity contribution >= 4 is 9.84 Å². The average Bonchev–Trinajstić information content (AvgIpc) is 2.89. The van der Waals surface area contributed by atoms with Gasteiger partial charge in [-0.3, -0.25) is 0 Å². The molecule has 4 nitrogen and oxygen atoms in total. The summed E-state index contributed by atoms with van der Waals surface area (Å²) in [6.45, 7) is 4.77. The van der Waals surface area contributed by atoms with Crippen LogP contribution in [0.4, 0.5) is 0 Å². The van der Waals surface area contributed by atoms with Crippen LogP contribution in [0.1, 0.15) is 25.8 Å². The molecule has 0 saturated carbocycles. The molecule has 1 aliphatic heterocycles. The van der Waals surface area contributed by atoms with Crippen molar-refractivity contribution in [2.24, 2.45) is 0 Å². The number of hydrogen-bond donors (Lipinski definition) is 0. The molecule has 0 atom stereocenters. The maximum absolute atomic E-state index is 11.7. The van der Waals surface area contributed by atoms with Crippen molar-refractivity contribution in [1.29, 1.82) is 0 Å². The highest BCUT2D eigenvalue weighted by molar-refractivity contribution is 7.91. The molecule has 0 amide bonds. The first-order valence-electron chi connectivity index (χ1n) is 6.15. The summed E-state index contributed by atoms with van der Waals surface area (Å²) in [4.78, 5) is 0.345. The van der Waals surface area contributed by atoms with Crippen LogP contribution in [0.25, 0.3) is 0 Å². The van der Waals surface area contributed by atoms with E-state index < -0.39 is 15.6 Å². The van der Waals surface area contributed by atoms with E-state index in [1.165, 1.54) is 0 Å². The predicted molar refractivity (Wildman–Crippen MR) is 68.0 cm³/mol. The molecule has 0 radical (unpaired) electrons. The van der Waals surface area contributed by atoms with Crippen LogP contribution in [0.15, 0.2) is 29.2 Å². The maximum Gasteiger partial charge on any atom is 0.194 e. The van der Waals surface area contributed by atoms with E-state index in [0.717, 1.165) is 5.56 Å². The molecule has 0 N–H and O–H groups in total. The Morgan fingerprint density at radius 1 is 1.11 bits per heavy atom. The molecule has 0 unspecified atom stereocenters. The topological polar surface area (TPSA) is 52.6 Å². The molecule has 100 valence electrons. The average molecular weight is 270 g/mol. The minimum Gasteiger partial charge on any atom is -0.343 e. The summed E-state index contributed by atoms with van der Waals surface area (Å²) < 4.78 is 34.8. The van der Waals surface area contributed by atoms with Gasteiger partial charge in [0.1, 0.15) is 0 Å². The van der Waals surface area contributed by atoms with Crippen LogP contribution < -0.4 is 0 Å². The largest absolute Gasteiger partial charge is 0.343 e. The molecule has 2 rings (SSSR count). The zero-order chi connectivity index (χ0) is 13.2. The van der Waals surface area contributed by atoms with E-state index in [1.807, 2.05) is 6.92 Å². The molecule has 1 heterocycles. The Morgan fingerprint density at radius 2 is 1.67 bits per heavy atom. The van der Waals surface area contributed by atoms with Crippen LogP contribution in [0.5, 0.6) is 0 Å². The summed E-state index contributed by atoms with van der Waals surface area (Å²) in [5.41, 5.74) is 0.873. The monoisotopic (exact) mass is 270 g/mol. The van der Waals surface area contributed by atoms with Gasteiger partial charge in [-0.15, -0.1) is 0 Å². The molecular weight excluding hydrogens is 252 g/mol. The van der Waals surface area contributed by atoms with E-state index in [4.69, 9.17) is 9.47 Å². The Labute approximate surface area is 108 Å². The van der Waals surface area contributed by atoms with Crippen molar-refractivity contribution in [3.8, 4) is 0 Å². The second-order valence-corrected chi connectivity index (χ2v) is 6.51. The van der Waals surface area contributed by atoms with Gasteiger partial charge in [-0.2, -0.15) is 0 Å². The molecule has 0 bridgehead atoms. The highest BCUT2D eigenvalue weighted by Gasteiger charge is 2.36. The number of ether oxygens (including phenoxy) is 2. The minimum atomic E-state index is -3.15. The van der Waals surface area contributed by atoms with Gasteiger partial charge in [0, 0.05) is 12.0 Å². The van der Waals surface area contributed by atoms with E-state index >= 15 is 0 Å². The summed E-state index contributed by atoms with van der Waals surface area (Å²) in [7, 11) is -3.15. The molecule has 0 spiro atoms. The summed E-state index contributed by atoms with van der Waals surface area (Å²) >= 11 is 0. The zero-order valence-electron chi connectivity index (χ0n) is 10.7. The fourth-order valence-corrected chi connectivity index (χ4v) is 3.00. The first-order chi connectivity index (χ1) is 8.54. The van der Waals surface area contributed by atoms with Gasteiger partial charge in [-0.25, -0.2) is 8.42 Å². The molecule has 1 aliphatic rings. The van der Waals surface area contributed by atoms with Gasteiger partial charge < -0.3 is 9.47 Å². The van der Waals surface area contributed by atoms with Crippen molar-refractivity contribution in [2.75, 3.05) is 19.0 Å².